The van der Waals surface area contributed by atoms with Gasteiger partial charge in [0, 0.05) is 38.8 Å². The van der Waals surface area contributed by atoms with Crippen molar-refractivity contribution in [2.45, 2.75) is 39.8 Å². The molecule has 0 spiro atoms. The summed E-state index contributed by atoms with van der Waals surface area (Å²) in [5, 5.41) is 10.7. The number of pyridine rings is 1. The minimum Gasteiger partial charge on any atom is -0.502 e. The number of nitrogens with zero attached hydrogens (tertiary/aromatic N) is 3. The Morgan fingerprint density at radius 1 is 1.16 bits per heavy atom. The zero-order valence-electron chi connectivity index (χ0n) is 18.2. The predicted octanol–water partition coefficient (Wildman–Crippen LogP) is 3.05. The van der Waals surface area contributed by atoms with Gasteiger partial charge in [0.2, 0.25) is 0 Å². The van der Waals surface area contributed by atoms with Gasteiger partial charge in [0.25, 0.3) is 17.4 Å². The van der Waals surface area contributed by atoms with Crippen molar-refractivity contribution in [2.75, 3.05) is 20.1 Å². The molecule has 0 atom stereocenters. The SMILES string of the molecule is CN1CC(C)(C)CCn2c(c3c(c(O)c2=O)C(=O)N(Cc2ccc(F)c(Cl)c2)CC3)C1=O. The molecule has 0 bridgehead atoms. The molecule has 0 unspecified atom stereocenters. The van der Waals surface area contributed by atoms with Crippen molar-refractivity contribution in [1.82, 2.24) is 14.4 Å². The van der Waals surface area contributed by atoms with Gasteiger partial charge in [0.05, 0.1) is 10.6 Å². The van der Waals surface area contributed by atoms with Crippen molar-refractivity contribution in [2.24, 2.45) is 5.41 Å². The molecule has 9 heteroatoms. The summed E-state index contributed by atoms with van der Waals surface area (Å²) >= 11 is 5.85. The first-order valence-corrected chi connectivity index (χ1v) is 10.9. The van der Waals surface area contributed by atoms with Crippen LogP contribution in [0.4, 0.5) is 4.39 Å². The van der Waals surface area contributed by atoms with Crippen LogP contribution in [0.3, 0.4) is 0 Å². The Bertz CT molecular complexity index is 1190. The molecule has 4 rings (SSSR count). The average Bonchev–Trinajstić information content (AvgIpc) is 2.72. The van der Waals surface area contributed by atoms with Gasteiger partial charge < -0.3 is 19.5 Å². The number of fused-ring (bicyclic) bond motifs is 3. The highest BCUT2D eigenvalue weighted by Gasteiger charge is 2.37. The first kappa shape index (κ1) is 22.3. The van der Waals surface area contributed by atoms with Crippen LogP contribution < -0.4 is 5.56 Å². The quantitative estimate of drug-likeness (QED) is 0.745. The van der Waals surface area contributed by atoms with Gasteiger partial charge in [0.1, 0.15) is 11.5 Å². The van der Waals surface area contributed by atoms with E-state index in [1.165, 1.54) is 27.7 Å². The van der Waals surface area contributed by atoms with Crippen molar-refractivity contribution < 1.29 is 19.1 Å². The molecule has 2 aromatic rings. The number of amides is 2. The Kier molecular flexibility index (Phi) is 5.53. The van der Waals surface area contributed by atoms with Crippen molar-refractivity contribution in [3.8, 4) is 5.75 Å². The van der Waals surface area contributed by atoms with Crippen LogP contribution in [0, 0.1) is 11.2 Å². The van der Waals surface area contributed by atoms with Crippen LogP contribution in [-0.2, 0) is 19.5 Å². The van der Waals surface area contributed by atoms with Crippen LogP contribution >= 0.6 is 11.6 Å². The van der Waals surface area contributed by atoms with Crippen LogP contribution in [0.15, 0.2) is 23.0 Å². The molecule has 2 amide bonds. The maximum Gasteiger partial charge on any atom is 0.294 e. The molecular weight excluding hydrogens is 437 g/mol. The zero-order chi connectivity index (χ0) is 23.4. The second-order valence-electron chi connectivity index (χ2n) is 9.31. The van der Waals surface area contributed by atoms with Gasteiger partial charge in [-0.25, -0.2) is 4.39 Å². The van der Waals surface area contributed by atoms with Gasteiger partial charge in [-0.1, -0.05) is 31.5 Å². The molecule has 1 aromatic heterocycles. The van der Waals surface area contributed by atoms with Crippen LogP contribution in [-0.4, -0.2) is 51.4 Å². The summed E-state index contributed by atoms with van der Waals surface area (Å²) in [5.41, 5.74) is 0.140. The topological polar surface area (TPSA) is 82.8 Å². The van der Waals surface area contributed by atoms with E-state index in [0.29, 0.717) is 30.5 Å². The number of aromatic nitrogens is 1. The first-order chi connectivity index (χ1) is 15.0. The van der Waals surface area contributed by atoms with Crippen LogP contribution in [0.2, 0.25) is 5.02 Å². The summed E-state index contributed by atoms with van der Waals surface area (Å²) in [6.45, 7) is 5.27. The normalized spacial score (nSPS) is 18.2. The molecule has 0 aliphatic carbocycles. The largest absolute Gasteiger partial charge is 0.502 e. The fourth-order valence-electron chi connectivity index (χ4n) is 4.60. The summed E-state index contributed by atoms with van der Waals surface area (Å²) < 4.78 is 14.8. The van der Waals surface area contributed by atoms with Crippen molar-refractivity contribution >= 4 is 23.4 Å². The number of halogens is 2. The summed E-state index contributed by atoms with van der Waals surface area (Å²) in [5.74, 6) is -2.06. The Morgan fingerprint density at radius 2 is 1.88 bits per heavy atom. The highest BCUT2D eigenvalue weighted by molar-refractivity contribution is 6.30. The van der Waals surface area contributed by atoms with Gasteiger partial charge in [-0.3, -0.25) is 14.4 Å². The first-order valence-electron chi connectivity index (χ1n) is 10.5. The summed E-state index contributed by atoms with van der Waals surface area (Å²) in [6.07, 6.45) is 0.948. The van der Waals surface area contributed by atoms with E-state index >= 15 is 0 Å². The molecule has 0 saturated carbocycles. The number of aromatic hydroxyl groups is 1. The Morgan fingerprint density at radius 3 is 2.56 bits per heavy atom. The number of benzene rings is 1. The van der Waals surface area contributed by atoms with Gasteiger partial charge in [-0.2, -0.15) is 0 Å². The van der Waals surface area contributed by atoms with Gasteiger partial charge >= 0.3 is 0 Å². The predicted molar refractivity (Wildman–Crippen MR) is 118 cm³/mol. The van der Waals surface area contributed by atoms with Crippen LogP contribution in [0.25, 0.3) is 0 Å². The van der Waals surface area contributed by atoms with Crippen LogP contribution in [0.5, 0.6) is 5.75 Å². The van der Waals surface area contributed by atoms with Gasteiger partial charge in [0.15, 0.2) is 5.75 Å². The molecule has 2 aliphatic rings. The third kappa shape index (κ3) is 3.77. The second-order valence-corrected chi connectivity index (χ2v) is 9.72. The van der Waals surface area contributed by atoms with Crippen molar-refractivity contribution in [1.29, 1.82) is 0 Å². The molecular formula is C23H25ClFN3O4. The van der Waals surface area contributed by atoms with Gasteiger partial charge in [-0.05, 0) is 36.0 Å². The van der Waals surface area contributed by atoms with E-state index in [1.807, 2.05) is 13.8 Å². The zero-order valence-corrected chi connectivity index (χ0v) is 19.0. The number of carbonyl (C=O) groups excluding carboxylic acids is 2. The Balaban J connectivity index is 1.78. The summed E-state index contributed by atoms with van der Waals surface area (Å²) in [4.78, 5) is 42.6. The lowest BCUT2D eigenvalue weighted by molar-refractivity contribution is 0.0677. The van der Waals surface area contributed by atoms with E-state index in [1.54, 1.807) is 11.9 Å². The van der Waals surface area contributed by atoms with E-state index in [2.05, 4.69) is 0 Å². The highest BCUT2D eigenvalue weighted by atomic mass is 35.5. The minimum absolute atomic E-state index is 0.0496. The van der Waals surface area contributed by atoms with E-state index in [-0.39, 0.29) is 47.2 Å². The van der Waals surface area contributed by atoms with E-state index < -0.39 is 23.0 Å². The lowest BCUT2D eigenvalue weighted by Crippen LogP contribution is -2.46. The molecule has 3 heterocycles. The van der Waals surface area contributed by atoms with E-state index in [9.17, 15) is 23.9 Å². The maximum atomic E-state index is 13.5. The summed E-state index contributed by atoms with van der Waals surface area (Å²) in [7, 11) is 1.68. The average molecular weight is 462 g/mol. The van der Waals surface area contributed by atoms with E-state index in [4.69, 9.17) is 11.6 Å². The molecule has 0 fully saturated rings. The number of rotatable bonds is 2. The number of hydrogen-bond acceptors (Lipinski definition) is 4. The molecule has 0 saturated heterocycles. The van der Waals surface area contributed by atoms with Gasteiger partial charge in [-0.15, -0.1) is 0 Å². The second kappa shape index (κ2) is 7.92. The third-order valence-corrected chi connectivity index (χ3v) is 6.55. The fraction of sp³-hybridized carbons (Fsp3) is 0.435. The molecule has 32 heavy (non-hydrogen) atoms. The Labute approximate surface area is 190 Å². The third-order valence-electron chi connectivity index (χ3n) is 6.26. The molecule has 1 aromatic carbocycles. The number of carbonyl (C=O) groups is 2. The lowest BCUT2D eigenvalue weighted by Gasteiger charge is -2.36. The summed E-state index contributed by atoms with van der Waals surface area (Å²) in [6, 6.07) is 4.19. The number of hydrogen-bond donors (Lipinski definition) is 1. The maximum absolute atomic E-state index is 13.5. The standard InChI is InChI=1S/C23H25ClFN3O4/c1-23(2)7-9-28-18(21(31)26(3)12-23)14-6-8-27(20(30)17(14)19(29)22(28)32)11-13-4-5-16(25)15(24)10-13/h4-5,10,29H,6-9,11-12H2,1-3H3. The molecule has 170 valence electrons. The molecule has 7 nitrogen and oxygen atoms in total. The van der Waals surface area contributed by atoms with Crippen molar-refractivity contribution in [3.63, 3.8) is 0 Å². The minimum atomic E-state index is -0.738. The fourth-order valence-corrected chi connectivity index (χ4v) is 4.80. The Hall–Kier alpha value is -2.87. The van der Waals surface area contributed by atoms with Crippen LogP contribution in [0.1, 0.15) is 52.2 Å². The molecule has 0 radical (unpaired) electrons. The smallest absolute Gasteiger partial charge is 0.294 e. The highest BCUT2D eigenvalue weighted by Crippen LogP contribution is 2.32. The monoisotopic (exact) mass is 461 g/mol. The van der Waals surface area contributed by atoms with E-state index in [0.717, 1.165) is 0 Å². The lowest BCUT2D eigenvalue weighted by atomic mass is 9.87. The molecule has 2 aliphatic heterocycles. The van der Waals surface area contributed by atoms with Crippen molar-refractivity contribution in [3.05, 3.63) is 61.8 Å². The molecule has 1 N–H and O–H groups in total.